The van der Waals surface area contributed by atoms with Crippen molar-refractivity contribution in [1.82, 2.24) is 24.8 Å². The summed E-state index contributed by atoms with van der Waals surface area (Å²) < 4.78 is 17.0. The molecule has 1 saturated heterocycles. The number of aliphatic imine (C=N–C) groups is 2. The molecule has 4 aromatic heterocycles. The van der Waals surface area contributed by atoms with Crippen molar-refractivity contribution in [3.05, 3.63) is 80.1 Å². The normalized spacial score (nSPS) is 20.7. The lowest BCUT2D eigenvalue weighted by Crippen LogP contribution is -2.50. The van der Waals surface area contributed by atoms with Gasteiger partial charge < -0.3 is 34.9 Å². The number of fused-ring (bicyclic) bond motifs is 8. The van der Waals surface area contributed by atoms with Crippen molar-refractivity contribution >= 4 is 90.4 Å². The molecule has 0 spiro atoms. The van der Waals surface area contributed by atoms with Crippen LogP contribution in [0.2, 0.25) is 0 Å². The number of aromatic nitrogens is 4. The molecule has 1 amide bonds. The minimum absolute atomic E-state index is 0.00789. The van der Waals surface area contributed by atoms with E-state index in [1.165, 1.54) is 16.0 Å². The maximum Gasteiger partial charge on any atom is 0.306 e. The minimum atomic E-state index is -0.725. The zero-order valence-corrected chi connectivity index (χ0v) is 37.1. The third-order valence-electron chi connectivity index (χ3n) is 12.5. The molecule has 3 N–H and O–H groups in total. The van der Waals surface area contributed by atoms with Gasteiger partial charge in [0.2, 0.25) is 5.91 Å². The first-order valence-electron chi connectivity index (χ1n) is 21.3. The third kappa shape index (κ3) is 7.86. The van der Waals surface area contributed by atoms with Gasteiger partial charge in [0.25, 0.3) is 0 Å². The average molecular weight is 886 g/mol. The smallest absolute Gasteiger partial charge is 0.306 e. The number of hydrogen-bond donors (Lipinski definition) is 3. The monoisotopic (exact) mass is 885 g/mol. The number of carboxylic acids is 1. The molecule has 6 aromatic rings. The Labute approximate surface area is 371 Å². The fraction of sp³-hybridized carbons (Fsp3) is 0.391. The summed E-state index contributed by atoms with van der Waals surface area (Å²) in [5.74, 6) is 2.23. The predicted octanol–water partition coefficient (Wildman–Crippen LogP) is 7.68. The number of hydrogen-bond acceptors (Lipinski definition) is 15. The first-order chi connectivity index (χ1) is 30.6. The molecule has 17 heteroatoms. The highest BCUT2D eigenvalue weighted by Crippen LogP contribution is 2.44. The molecule has 0 saturated carbocycles. The number of nitrogens with one attached hydrogen (secondary N) is 2. The molecule has 5 aliphatic rings. The summed E-state index contributed by atoms with van der Waals surface area (Å²) in [7, 11) is 3.33. The first kappa shape index (κ1) is 41.0. The number of aliphatic carboxylic acids is 1. The van der Waals surface area contributed by atoms with Crippen LogP contribution in [0, 0.1) is 11.8 Å². The Balaban J connectivity index is 0.000000153. The van der Waals surface area contributed by atoms with Gasteiger partial charge in [-0.3, -0.25) is 19.6 Å². The van der Waals surface area contributed by atoms with Gasteiger partial charge in [0, 0.05) is 41.2 Å². The molecule has 324 valence electrons. The van der Waals surface area contributed by atoms with E-state index in [2.05, 4.69) is 46.6 Å². The van der Waals surface area contributed by atoms with E-state index in [1.807, 2.05) is 49.4 Å². The van der Waals surface area contributed by atoms with Crippen LogP contribution in [-0.4, -0.2) is 93.8 Å². The molecule has 15 nitrogen and oxygen atoms in total. The molecular weight excluding hydrogens is 839 g/mol. The van der Waals surface area contributed by atoms with Crippen LogP contribution < -0.4 is 20.1 Å². The second-order valence-corrected chi connectivity index (χ2v) is 18.9. The van der Waals surface area contributed by atoms with E-state index in [0.29, 0.717) is 39.0 Å². The van der Waals surface area contributed by atoms with Crippen molar-refractivity contribution in [3.63, 3.8) is 0 Å². The number of rotatable bonds is 8. The molecule has 0 bridgehead atoms. The van der Waals surface area contributed by atoms with E-state index in [4.69, 9.17) is 14.2 Å². The van der Waals surface area contributed by atoms with Crippen LogP contribution in [0.4, 0.5) is 23.0 Å². The van der Waals surface area contributed by atoms with E-state index in [1.54, 1.807) is 49.5 Å². The highest BCUT2D eigenvalue weighted by Gasteiger charge is 2.35. The lowest BCUT2D eigenvalue weighted by molar-refractivity contribution is -0.147. The quantitative estimate of drug-likeness (QED) is 0.136. The van der Waals surface area contributed by atoms with Gasteiger partial charge in [-0.25, -0.2) is 19.9 Å². The van der Waals surface area contributed by atoms with Crippen molar-refractivity contribution in [2.24, 2.45) is 21.8 Å². The van der Waals surface area contributed by atoms with Gasteiger partial charge in [-0.2, -0.15) is 0 Å². The van der Waals surface area contributed by atoms with E-state index >= 15 is 0 Å². The largest absolute Gasteiger partial charge is 0.495 e. The van der Waals surface area contributed by atoms with E-state index < -0.39 is 5.97 Å². The lowest BCUT2D eigenvalue weighted by atomic mass is 9.86. The van der Waals surface area contributed by atoms with Crippen molar-refractivity contribution in [3.8, 4) is 11.5 Å². The van der Waals surface area contributed by atoms with Gasteiger partial charge in [0.1, 0.15) is 45.5 Å². The van der Waals surface area contributed by atoms with Gasteiger partial charge in [-0.05, 0) is 110 Å². The number of amides is 1. The molecule has 0 unspecified atom stereocenters. The Morgan fingerprint density at radius 1 is 0.730 bits per heavy atom. The number of ether oxygens (including phenoxy) is 3. The maximum absolute atomic E-state index is 13.4. The third-order valence-corrected chi connectivity index (χ3v) is 14.9. The van der Waals surface area contributed by atoms with Gasteiger partial charge in [-0.1, -0.05) is 0 Å². The van der Waals surface area contributed by atoms with E-state index in [0.717, 1.165) is 108 Å². The van der Waals surface area contributed by atoms with Crippen LogP contribution in [0.15, 0.2) is 46.9 Å². The van der Waals surface area contributed by atoms with Crippen molar-refractivity contribution < 1.29 is 28.9 Å². The van der Waals surface area contributed by atoms with Crippen LogP contribution in [0.5, 0.6) is 11.5 Å². The van der Waals surface area contributed by atoms with Crippen LogP contribution in [0.1, 0.15) is 69.8 Å². The molecule has 4 atom stereocenters. The summed E-state index contributed by atoms with van der Waals surface area (Å²) in [5, 5.41) is 18.3. The number of anilines is 4. The summed E-state index contributed by atoms with van der Waals surface area (Å²) in [6, 6.07) is 8.13. The fourth-order valence-electron chi connectivity index (χ4n) is 9.51. The molecule has 63 heavy (non-hydrogen) atoms. The second kappa shape index (κ2) is 16.9. The van der Waals surface area contributed by atoms with Gasteiger partial charge in [0.15, 0.2) is 0 Å². The number of morpholine rings is 1. The standard InChI is InChI=1S/C26H29N5O3S.C20H18N4O3S/c1-14-11-31(12-15(2)34-14)26(32)16-4-5-19-22(8-16)35-25-23(19)24(28-13-29-25)30-20-6-17-9-27-10-18(17)7-21(20)33-3;1-27-15-5-12-8-21-7-11(12)4-14(15)24-18-17-13-3-2-10(20(25)26)6-16(13)28-19(17)23-9-22-18/h6-7,9,13-16H,4-5,8,10-12H2,1-3H3,(H,28,29,30);4-5,7,9-10H,2-3,6,8H2,1H3,(H,25,26)(H,22,23,24)/t14-,15-,16+;10-/m10/s1. The Morgan fingerprint density at radius 3 is 1.71 bits per heavy atom. The summed E-state index contributed by atoms with van der Waals surface area (Å²) in [6.07, 6.45) is 11.4. The number of methoxy groups -OCH3 is 2. The number of carboxylic acid groups (broad SMARTS) is 1. The van der Waals surface area contributed by atoms with Gasteiger partial charge >= 0.3 is 5.97 Å². The Kier molecular flexibility index (Phi) is 11.0. The molecule has 2 aliphatic carbocycles. The number of carbonyl (C=O) groups is 2. The average Bonchev–Trinajstić information content (AvgIpc) is 4.10. The summed E-state index contributed by atoms with van der Waals surface area (Å²) in [6.45, 7) is 6.78. The SMILES string of the molecule is COc1cc2c(cc1Nc1ncnc3sc4c(c13)CC[C@H](C(=O)N1C[C@@H](C)O[C@H](C)C1)C4)C=NC2.COc1cc2c(cc1Nc1ncnc3sc4c(c13)CC[C@H](C(=O)O)C4)C=NC2. The van der Waals surface area contributed by atoms with Gasteiger partial charge in [-0.15, -0.1) is 22.7 Å². The number of thiophene rings is 2. The van der Waals surface area contributed by atoms with Crippen LogP contribution >= 0.6 is 22.7 Å². The maximum atomic E-state index is 13.4. The Bertz CT molecular complexity index is 2850. The molecule has 7 heterocycles. The van der Waals surface area contributed by atoms with Crippen LogP contribution in [-0.2, 0) is 53.1 Å². The number of carbonyl (C=O) groups excluding carboxylic acids is 1. The number of aryl methyl sites for hydroxylation is 2. The fourth-order valence-corrected chi connectivity index (χ4v) is 12.0. The Hall–Kier alpha value is -6.04. The van der Waals surface area contributed by atoms with E-state index in [9.17, 15) is 14.7 Å². The first-order valence-corrected chi connectivity index (χ1v) is 22.9. The van der Waals surface area contributed by atoms with E-state index in [-0.39, 0.29) is 30.0 Å². The number of nitrogens with zero attached hydrogens (tertiary/aromatic N) is 7. The molecule has 1 fully saturated rings. The topological polar surface area (TPSA) is 186 Å². The molecule has 0 radical (unpaired) electrons. The summed E-state index contributed by atoms with van der Waals surface area (Å²) >= 11 is 3.25. The van der Waals surface area contributed by atoms with Gasteiger partial charge in [0.05, 0.1) is 67.6 Å². The van der Waals surface area contributed by atoms with Crippen molar-refractivity contribution in [2.75, 3.05) is 37.9 Å². The molecule has 2 aromatic carbocycles. The predicted molar refractivity (Wildman–Crippen MR) is 245 cm³/mol. The van der Waals surface area contributed by atoms with Crippen LogP contribution in [0.3, 0.4) is 0 Å². The molecular formula is C46H47N9O6S2. The Morgan fingerprint density at radius 2 is 1.22 bits per heavy atom. The second-order valence-electron chi connectivity index (χ2n) is 16.7. The van der Waals surface area contributed by atoms with Crippen molar-refractivity contribution in [2.45, 2.75) is 77.7 Å². The van der Waals surface area contributed by atoms with Crippen molar-refractivity contribution in [1.29, 1.82) is 0 Å². The molecule has 3 aliphatic heterocycles. The number of benzene rings is 2. The molecule has 11 rings (SSSR count). The van der Waals surface area contributed by atoms with Crippen LogP contribution in [0.25, 0.3) is 20.4 Å². The summed E-state index contributed by atoms with van der Waals surface area (Å²) in [5.41, 5.74) is 8.60. The summed E-state index contributed by atoms with van der Waals surface area (Å²) in [4.78, 5) is 57.7. The zero-order valence-electron chi connectivity index (χ0n) is 35.4. The minimum Gasteiger partial charge on any atom is -0.495 e. The highest BCUT2D eigenvalue weighted by molar-refractivity contribution is 7.19. The lowest BCUT2D eigenvalue weighted by Gasteiger charge is -2.37. The zero-order chi connectivity index (χ0) is 43.4. The highest BCUT2D eigenvalue weighted by atomic mass is 32.1.